The van der Waals surface area contributed by atoms with Gasteiger partial charge in [0.25, 0.3) is 0 Å². The van der Waals surface area contributed by atoms with Crippen LogP contribution in [0.2, 0.25) is 0 Å². The topological polar surface area (TPSA) is 136 Å². The highest BCUT2D eigenvalue weighted by Gasteiger charge is 2.16. The molecule has 4 rings (SSSR count). The number of piperidine rings is 1. The van der Waals surface area contributed by atoms with E-state index in [1.165, 1.54) is 35.3 Å². The molecule has 0 bridgehead atoms. The third-order valence-corrected chi connectivity index (χ3v) is 6.90. The predicted octanol–water partition coefficient (Wildman–Crippen LogP) is 1.54. The molecular formula is C23H29N7O3S. The summed E-state index contributed by atoms with van der Waals surface area (Å²) in [5.41, 5.74) is 2.84. The number of tetrazole rings is 1. The number of carbonyl (C=O) groups is 1. The number of amides is 1. The van der Waals surface area contributed by atoms with Crippen LogP contribution >= 0.6 is 0 Å². The number of sulfonamides is 1. The van der Waals surface area contributed by atoms with Crippen molar-refractivity contribution in [3.8, 4) is 11.4 Å². The van der Waals surface area contributed by atoms with E-state index in [-0.39, 0.29) is 23.9 Å². The van der Waals surface area contributed by atoms with Gasteiger partial charge in [0, 0.05) is 18.7 Å². The number of primary sulfonamides is 1. The summed E-state index contributed by atoms with van der Waals surface area (Å²) in [5.74, 6) is 0.994. The molecule has 34 heavy (non-hydrogen) atoms. The van der Waals surface area contributed by atoms with Crippen LogP contribution in [-0.2, 0) is 34.5 Å². The number of nitrogens with zero attached hydrogens (tertiary/aromatic N) is 5. The molecule has 3 aromatic rings. The van der Waals surface area contributed by atoms with Crippen molar-refractivity contribution < 1.29 is 13.2 Å². The first kappa shape index (κ1) is 24.0. The van der Waals surface area contributed by atoms with Crippen LogP contribution in [0.25, 0.3) is 11.4 Å². The fourth-order valence-corrected chi connectivity index (χ4v) is 4.36. The van der Waals surface area contributed by atoms with Crippen LogP contribution in [0.1, 0.15) is 30.9 Å². The molecule has 180 valence electrons. The molecule has 0 atom stereocenters. The second-order valence-corrected chi connectivity index (χ2v) is 10.3. The number of nitrogens with two attached hydrogens (primary N) is 1. The summed E-state index contributed by atoms with van der Waals surface area (Å²) in [6, 6.07) is 14.1. The Labute approximate surface area is 199 Å². The Hall–Kier alpha value is -3.15. The smallest absolute Gasteiger partial charge is 0.243 e. The molecule has 0 unspecified atom stereocenters. The van der Waals surface area contributed by atoms with Crippen LogP contribution in [0.3, 0.4) is 0 Å². The van der Waals surface area contributed by atoms with Crippen LogP contribution in [-0.4, -0.2) is 52.5 Å². The van der Waals surface area contributed by atoms with Crippen LogP contribution in [0.15, 0.2) is 53.4 Å². The summed E-state index contributed by atoms with van der Waals surface area (Å²) in [6.45, 7) is 5.70. The first-order chi connectivity index (χ1) is 16.3. The molecule has 11 heteroatoms. The van der Waals surface area contributed by atoms with Gasteiger partial charge in [0.1, 0.15) is 6.54 Å². The van der Waals surface area contributed by atoms with Crippen molar-refractivity contribution >= 4 is 15.9 Å². The fourth-order valence-electron chi connectivity index (χ4n) is 3.85. The van der Waals surface area contributed by atoms with Gasteiger partial charge in [-0.15, -0.1) is 10.2 Å². The maximum absolute atomic E-state index is 12.3. The lowest BCUT2D eigenvalue weighted by molar-refractivity contribution is -0.122. The number of hydrogen-bond acceptors (Lipinski definition) is 7. The average molecular weight is 484 g/mol. The zero-order valence-electron chi connectivity index (χ0n) is 19.1. The number of benzene rings is 2. The summed E-state index contributed by atoms with van der Waals surface area (Å²) < 4.78 is 22.6. The van der Waals surface area contributed by atoms with Crippen molar-refractivity contribution in [2.24, 2.45) is 11.1 Å². The molecule has 1 aromatic heterocycles. The number of aromatic nitrogens is 4. The number of likely N-dealkylation sites (tertiary alicyclic amines) is 1. The Morgan fingerprint density at radius 1 is 1.06 bits per heavy atom. The Morgan fingerprint density at radius 2 is 1.71 bits per heavy atom. The van der Waals surface area contributed by atoms with Gasteiger partial charge in [0.2, 0.25) is 21.8 Å². The Morgan fingerprint density at radius 3 is 2.35 bits per heavy atom. The van der Waals surface area contributed by atoms with Gasteiger partial charge in [0.05, 0.1) is 4.90 Å². The predicted molar refractivity (Wildman–Crippen MR) is 127 cm³/mol. The quantitative estimate of drug-likeness (QED) is 0.496. The maximum atomic E-state index is 12.3. The average Bonchev–Trinajstić information content (AvgIpc) is 3.28. The highest BCUT2D eigenvalue weighted by atomic mass is 32.2. The number of rotatable bonds is 8. The van der Waals surface area contributed by atoms with Crippen LogP contribution in [0, 0.1) is 5.92 Å². The molecule has 2 aromatic carbocycles. The molecule has 1 aliphatic rings. The van der Waals surface area contributed by atoms with Gasteiger partial charge in [-0.3, -0.25) is 9.69 Å². The van der Waals surface area contributed by atoms with Crippen molar-refractivity contribution in [3.63, 3.8) is 0 Å². The summed E-state index contributed by atoms with van der Waals surface area (Å²) in [5, 5.41) is 20.2. The standard InChI is InChI=1S/C23H29N7O3S/c1-17-10-12-29(13-11-17)15-19-2-6-20(7-3-19)23-26-28-30(27-23)16-22(31)25-14-18-4-8-21(9-5-18)34(24,32)33/h2-9,17H,10-16H2,1H3,(H,25,31)(H2,24,32,33). The summed E-state index contributed by atoms with van der Waals surface area (Å²) in [7, 11) is -3.74. The van der Waals surface area contributed by atoms with E-state index >= 15 is 0 Å². The fraction of sp³-hybridized carbons (Fsp3) is 0.391. The Balaban J connectivity index is 1.27. The molecule has 3 N–H and O–H groups in total. The number of carbonyl (C=O) groups excluding carboxylic acids is 1. The minimum Gasteiger partial charge on any atom is -0.350 e. The van der Waals surface area contributed by atoms with Gasteiger partial charge in [-0.1, -0.05) is 43.3 Å². The molecular weight excluding hydrogens is 454 g/mol. The van der Waals surface area contributed by atoms with E-state index in [0.29, 0.717) is 5.82 Å². The molecule has 1 amide bonds. The van der Waals surface area contributed by atoms with Crippen molar-refractivity contribution in [2.75, 3.05) is 13.1 Å². The number of nitrogens with one attached hydrogen (secondary N) is 1. The van der Waals surface area contributed by atoms with Crippen molar-refractivity contribution in [2.45, 2.75) is 44.3 Å². The van der Waals surface area contributed by atoms with E-state index in [1.54, 1.807) is 12.1 Å². The zero-order valence-corrected chi connectivity index (χ0v) is 19.9. The Bertz CT molecular complexity index is 1220. The molecule has 1 aliphatic heterocycles. The molecule has 1 fully saturated rings. The summed E-state index contributed by atoms with van der Waals surface area (Å²) in [6.07, 6.45) is 2.51. The lowest BCUT2D eigenvalue weighted by atomic mass is 9.99. The van der Waals surface area contributed by atoms with Crippen molar-refractivity contribution in [3.05, 3.63) is 59.7 Å². The van der Waals surface area contributed by atoms with E-state index in [1.807, 2.05) is 12.1 Å². The van der Waals surface area contributed by atoms with Crippen LogP contribution in [0.4, 0.5) is 0 Å². The first-order valence-corrected chi connectivity index (χ1v) is 12.8. The molecule has 0 saturated carbocycles. The third-order valence-electron chi connectivity index (χ3n) is 5.97. The van der Waals surface area contributed by atoms with Gasteiger partial charge in [-0.25, -0.2) is 13.6 Å². The van der Waals surface area contributed by atoms with Gasteiger partial charge in [-0.2, -0.15) is 4.80 Å². The molecule has 0 spiro atoms. The largest absolute Gasteiger partial charge is 0.350 e. The second-order valence-electron chi connectivity index (χ2n) is 8.76. The maximum Gasteiger partial charge on any atom is 0.243 e. The van der Waals surface area contributed by atoms with E-state index in [2.05, 4.69) is 44.7 Å². The van der Waals surface area contributed by atoms with Gasteiger partial charge in [0.15, 0.2) is 0 Å². The SMILES string of the molecule is CC1CCN(Cc2ccc(-c3nnn(CC(=O)NCc4ccc(S(N)(=O)=O)cc4)n3)cc2)CC1. The van der Waals surface area contributed by atoms with E-state index < -0.39 is 10.0 Å². The van der Waals surface area contributed by atoms with Gasteiger partial charge < -0.3 is 5.32 Å². The molecule has 0 radical (unpaired) electrons. The minimum atomic E-state index is -3.74. The zero-order chi connectivity index (χ0) is 24.1. The Kier molecular flexibility index (Phi) is 7.35. The molecule has 10 nitrogen and oxygen atoms in total. The van der Waals surface area contributed by atoms with Crippen molar-refractivity contribution in [1.29, 1.82) is 0 Å². The van der Waals surface area contributed by atoms with Crippen molar-refractivity contribution in [1.82, 2.24) is 30.4 Å². The minimum absolute atomic E-state index is 0.0242. The van der Waals surface area contributed by atoms with E-state index in [0.717, 1.165) is 36.7 Å². The van der Waals surface area contributed by atoms with E-state index in [4.69, 9.17) is 5.14 Å². The highest BCUT2D eigenvalue weighted by Crippen LogP contribution is 2.20. The van der Waals surface area contributed by atoms with E-state index in [9.17, 15) is 13.2 Å². The lowest BCUT2D eigenvalue weighted by Gasteiger charge is -2.30. The summed E-state index contributed by atoms with van der Waals surface area (Å²) >= 11 is 0. The molecule has 1 saturated heterocycles. The van der Waals surface area contributed by atoms with Gasteiger partial charge in [-0.05, 0) is 60.3 Å². The third kappa shape index (κ3) is 6.46. The number of hydrogen-bond donors (Lipinski definition) is 2. The lowest BCUT2D eigenvalue weighted by Crippen LogP contribution is -2.32. The molecule has 2 heterocycles. The van der Waals surface area contributed by atoms with Crippen LogP contribution < -0.4 is 10.5 Å². The first-order valence-electron chi connectivity index (χ1n) is 11.2. The monoisotopic (exact) mass is 483 g/mol. The normalized spacial score (nSPS) is 15.4. The second kappa shape index (κ2) is 10.4. The van der Waals surface area contributed by atoms with Crippen LogP contribution in [0.5, 0.6) is 0 Å². The molecule has 0 aliphatic carbocycles. The van der Waals surface area contributed by atoms with Gasteiger partial charge >= 0.3 is 0 Å². The summed E-state index contributed by atoms with van der Waals surface area (Å²) in [4.78, 5) is 16.0. The highest BCUT2D eigenvalue weighted by molar-refractivity contribution is 7.89.